The molecule has 4 heteroatoms. The Bertz CT molecular complexity index is 838. The predicted molar refractivity (Wildman–Crippen MR) is 119 cm³/mol. The summed E-state index contributed by atoms with van der Waals surface area (Å²) in [6.45, 7) is 8.79. The first-order chi connectivity index (χ1) is 13.9. The molecule has 1 N–H and O–H groups in total. The molecule has 2 atom stereocenters. The predicted octanol–water partition coefficient (Wildman–Crippen LogP) is 4.10. The number of hydrogen-bond donors (Lipinski definition) is 1. The number of carbonyl (C=O) groups excluding carboxylic acids is 1. The normalized spacial score (nSPS) is 19.2. The van der Waals surface area contributed by atoms with Crippen LogP contribution in [0, 0.1) is 13.8 Å². The summed E-state index contributed by atoms with van der Waals surface area (Å²) in [6, 6.07) is 14.5. The molecule has 1 saturated heterocycles. The number of Topliss-reactive ketones (excluding diaryl/α,β-unsaturated/α-hetero) is 1. The molecule has 1 aliphatic heterocycles. The second-order valence-electron chi connectivity index (χ2n) is 8.39. The highest BCUT2D eigenvalue weighted by molar-refractivity contribution is 6.03. The van der Waals surface area contributed by atoms with Crippen LogP contribution in [0.5, 0.6) is 0 Å². The number of rotatable bonds is 7. The van der Waals surface area contributed by atoms with E-state index in [0.29, 0.717) is 6.42 Å². The van der Waals surface area contributed by atoms with E-state index in [9.17, 15) is 4.79 Å². The van der Waals surface area contributed by atoms with E-state index < -0.39 is 5.54 Å². The van der Waals surface area contributed by atoms with Crippen LogP contribution in [-0.4, -0.2) is 50.0 Å². The Balaban J connectivity index is 1.87. The maximum absolute atomic E-state index is 13.7. The molecule has 1 fully saturated rings. The van der Waals surface area contributed by atoms with Gasteiger partial charge in [0.1, 0.15) is 0 Å². The van der Waals surface area contributed by atoms with Crippen molar-refractivity contribution in [3.8, 4) is 0 Å². The summed E-state index contributed by atoms with van der Waals surface area (Å²) in [5, 5.41) is 3.36. The van der Waals surface area contributed by atoms with Crippen LogP contribution in [0.4, 0.5) is 0 Å². The van der Waals surface area contributed by atoms with Gasteiger partial charge in [-0.2, -0.15) is 0 Å². The van der Waals surface area contributed by atoms with E-state index in [4.69, 9.17) is 4.74 Å². The van der Waals surface area contributed by atoms with Gasteiger partial charge >= 0.3 is 0 Å². The second kappa shape index (κ2) is 9.21. The Kier molecular flexibility index (Phi) is 6.89. The second-order valence-corrected chi connectivity index (χ2v) is 8.39. The van der Waals surface area contributed by atoms with Gasteiger partial charge in [-0.25, -0.2) is 0 Å². The number of morpholine rings is 1. The van der Waals surface area contributed by atoms with Crippen LogP contribution in [-0.2, 0) is 11.2 Å². The third-order valence-corrected chi connectivity index (χ3v) is 6.40. The van der Waals surface area contributed by atoms with Gasteiger partial charge in [-0.1, -0.05) is 49.4 Å². The number of nitrogens with one attached hydrogen (secondary N) is 1. The molecule has 2 aromatic carbocycles. The van der Waals surface area contributed by atoms with Crippen molar-refractivity contribution in [3.63, 3.8) is 0 Å². The third-order valence-electron chi connectivity index (χ3n) is 6.40. The van der Waals surface area contributed by atoms with Gasteiger partial charge in [0.15, 0.2) is 5.78 Å². The van der Waals surface area contributed by atoms with Gasteiger partial charge in [-0.15, -0.1) is 0 Å². The van der Waals surface area contributed by atoms with Crippen molar-refractivity contribution in [2.45, 2.75) is 45.3 Å². The Hall–Kier alpha value is -2.01. The average Bonchev–Trinajstić information content (AvgIpc) is 2.74. The number of ketones is 1. The molecular formula is C25H34N2O2. The summed E-state index contributed by atoms with van der Waals surface area (Å²) in [7, 11) is 4.02. The zero-order chi connectivity index (χ0) is 21.0. The monoisotopic (exact) mass is 394 g/mol. The maximum Gasteiger partial charge on any atom is 0.183 e. The SMILES string of the molecule is CCC(Cc1ccc(C)c(C)c1)(C(=O)c1ccc(C2CNCCO2)cc1)N(C)C. The van der Waals surface area contributed by atoms with Crippen LogP contribution in [0.15, 0.2) is 42.5 Å². The Morgan fingerprint density at radius 2 is 1.86 bits per heavy atom. The lowest BCUT2D eigenvalue weighted by Crippen LogP contribution is -2.52. The van der Waals surface area contributed by atoms with Crippen molar-refractivity contribution in [1.29, 1.82) is 0 Å². The first-order valence-electron chi connectivity index (χ1n) is 10.6. The summed E-state index contributed by atoms with van der Waals surface area (Å²) in [4.78, 5) is 15.8. The Labute approximate surface area is 175 Å². The van der Waals surface area contributed by atoms with Gasteiger partial charge in [0.2, 0.25) is 0 Å². The molecule has 0 amide bonds. The van der Waals surface area contributed by atoms with E-state index in [-0.39, 0.29) is 11.9 Å². The minimum atomic E-state index is -0.563. The van der Waals surface area contributed by atoms with E-state index in [1.54, 1.807) is 0 Å². The summed E-state index contributed by atoms with van der Waals surface area (Å²) >= 11 is 0. The topological polar surface area (TPSA) is 41.6 Å². The fourth-order valence-corrected chi connectivity index (χ4v) is 4.19. The highest BCUT2D eigenvalue weighted by Crippen LogP contribution is 2.29. The van der Waals surface area contributed by atoms with Crippen LogP contribution in [0.3, 0.4) is 0 Å². The molecule has 2 unspecified atom stereocenters. The summed E-state index contributed by atoms with van der Waals surface area (Å²) in [6.07, 6.45) is 1.52. The highest BCUT2D eigenvalue weighted by Gasteiger charge is 2.39. The van der Waals surface area contributed by atoms with Crippen molar-refractivity contribution in [2.24, 2.45) is 0 Å². The lowest BCUT2D eigenvalue weighted by Gasteiger charge is -2.38. The van der Waals surface area contributed by atoms with Crippen LogP contribution in [0.2, 0.25) is 0 Å². The van der Waals surface area contributed by atoms with Gasteiger partial charge in [0.05, 0.1) is 18.2 Å². The largest absolute Gasteiger partial charge is 0.371 e. The summed E-state index contributed by atoms with van der Waals surface area (Å²) in [5.74, 6) is 0.178. The number of ether oxygens (including phenoxy) is 1. The van der Waals surface area contributed by atoms with Gasteiger partial charge in [-0.3, -0.25) is 9.69 Å². The number of hydrogen-bond acceptors (Lipinski definition) is 4. The van der Waals surface area contributed by atoms with E-state index in [1.807, 2.05) is 38.4 Å². The molecule has 3 rings (SSSR count). The van der Waals surface area contributed by atoms with Crippen LogP contribution < -0.4 is 5.32 Å². The maximum atomic E-state index is 13.7. The summed E-state index contributed by atoms with van der Waals surface area (Å²) in [5.41, 5.74) is 5.07. The molecule has 156 valence electrons. The average molecular weight is 395 g/mol. The third kappa shape index (κ3) is 4.61. The summed E-state index contributed by atoms with van der Waals surface area (Å²) < 4.78 is 5.84. The minimum Gasteiger partial charge on any atom is -0.371 e. The molecule has 4 nitrogen and oxygen atoms in total. The van der Waals surface area contributed by atoms with E-state index >= 15 is 0 Å². The van der Waals surface area contributed by atoms with Crippen molar-refractivity contribution < 1.29 is 9.53 Å². The van der Waals surface area contributed by atoms with Crippen LogP contribution in [0.1, 0.15) is 52.1 Å². The molecular weight excluding hydrogens is 360 g/mol. The van der Waals surface area contributed by atoms with Gasteiger partial charge in [0.25, 0.3) is 0 Å². The van der Waals surface area contributed by atoms with E-state index in [2.05, 4.69) is 49.2 Å². The number of carbonyl (C=O) groups is 1. The molecule has 0 saturated carbocycles. The van der Waals surface area contributed by atoms with E-state index in [1.165, 1.54) is 16.7 Å². The van der Waals surface area contributed by atoms with Crippen molar-refractivity contribution >= 4 is 5.78 Å². The quantitative estimate of drug-likeness (QED) is 0.718. The zero-order valence-corrected chi connectivity index (χ0v) is 18.4. The highest BCUT2D eigenvalue weighted by atomic mass is 16.5. The lowest BCUT2D eigenvalue weighted by atomic mass is 9.79. The molecule has 0 aromatic heterocycles. The van der Waals surface area contributed by atoms with Gasteiger partial charge in [0, 0.05) is 18.7 Å². The molecule has 0 radical (unpaired) electrons. The molecule has 2 aromatic rings. The number of aryl methyl sites for hydroxylation is 2. The molecule has 29 heavy (non-hydrogen) atoms. The zero-order valence-electron chi connectivity index (χ0n) is 18.4. The smallest absolute Gasteiger partial charge is 0.183 e. The van der Waals surface area contributed by atoms with Gasteiger partial charge < -0.3 is 10.1 Å². The Morgan fingerprint density at radius 3 is 2.41 bits per heavy atom. The first-order valence-corrected chi connectivity index (χ1v) is 10.6. The minimum absolute atomic E-state index is 0.0632. The number of likely N-dealkylation sites (N-methyl/N-ethyl adjacent to an activating group) is 1. The number of nitrogens with zero attached hydrogens (tertiary/aromatic N) is 1. The van der Waals surface area contributed by atoms with Crippen molar-refractivity contribution in [2.75, 3.05) is 33.8 Å². The first kappa shape index (κ1) is 21.7. The molecule has 0 aliphatic carbocycles. The van der Waals surface area contributed by atoms with Crippen molar-refractivity contribution in [1.82, 2.24) is 10.2 Å². The van der Waals surface area contributed by atoms with E-state index in [0.717, 1.165) is 37.2 Å². The fraction of sp³-hybridized carbons (Fsp3) is 0.480. The molecule has 1 aliphatic rings. The molecule has 0 spiro atoms. The Morgan fingerprint density at radius 1 is 1.14 bits per heavy atom. The lowest BCUT2D eigenvalue weighted by molar-refractivity contribution is 0.0277. The van der Waals surface area contributed by atoms with Crippen molar-refractivity contribution in [3.05, 3.63) is 70.3 Å². The molecule has 0 bridgehead atoms. The van der Waals surface area contributed by atoms with Crippen LogP contribution in [0.25, 0.3) is 0 Å². The standard InChI is InChI=1S/C25H34N2O2/c1-6-25(27(4)5,16-20-8-7-18(2)19(3)15-20)24(28)22-11-9-21(10-12-22)23-17-26-13-14-29-23/h7-12,15,23,26H,6,13-14,16-17H2,1-5H3. The van der Waals surface area contributed by atoms with Crippen LogP contribution >= 0.6 is 0 Å². The number of benzene rings is 2. The fourth-order valence-electron chi connectivity index (χ4n) is 4.19. The molecule has 1 heterocycles. The van der Waals surface area contributed by atoms with Gasteiger partial charge in [-0.05, 0) is 63.0 Å².